The van der Waals surface area contributed by atoms with Crippen molar-refractivity contribution in [2.45, 2.75) is 32.2 Å². The maximum Gasteiger partial charge on any atom is 0.0781 e. The molecular weight excluding hydrogens is 212 g/mol. The molecule has 0 saturated carbocycles. The summed E-state index contributed by atoms with van der Waals surface area (Å²) in [6, 6.07) is 6.88. The standard InChI is InChI=1S/C14H18N2O/c1-10(2)13-5-3-4-11-8-15-16(14(11)13)12-6-7-17-9-12/h3-5,8,10,12H,6-7,9H2,1-2H3. The van der Waals surface area contributed by atoms with Gasteiger partial charge in [0.05, 0.1) is 24.4 Å². The van der Waals surface area contributed by atoms with Crippen molar-refractivity contribution in [3.63, 3.8) is 0 Å². The van der Waals surface area contributed by atoms with E-state index >= 15 is 0 Å². The molecule has 1 aromatic heterocycles. The molecular formula is C14H18N2O. The first kappa shape index (κ1) is 10.8. The van der Waals surface area contributed by atoms with Crippen LogP contribution in [0.3, 0.4) is 0 Å². The molecule has 1 atom stereocenters. The quantitative estimate of drug-likeness (QED) is 0.792. The van der Waals surface area contributed by atoms with Crippen LogP contribution in [0, 0.1) is 0 Å². The fourth-order valence-corrected chi connectivity index (χ4v) is 2.59. The van der Waals surface area contributed by atoms with E-state index in [1.807, 2.05) is 6.20 Å². The second kappa shape index (κ2) is 4.15. The first-order chi connectivity index (χ1) is 8.27. The average Bonchev–Trinajstić information content (AvgIpc) is 2.96. The van der Waals surface area contributed by atoms with Gasteiger partial charge in [-0.1, -0.05) is 32.0 Å². The van der Waals surface area contributed by atoms with E-state index < -0.39 is 0 Å². The van der Waals surface area contributed by atoms with Gasteiger partial charge in [0.15, 0.2) is 0 Å². The molecule has 2 heterocycles. The number of para-hydroxylation sites is 1. The lowest BCUT2D eigenvalue weighted by molar-refractivity contribution is 0.185. The van der Waals surface area contributed by atoms with Crippen LogP contribution in [0.25, 0.3) is 10.9 Å². The van der Waals surface area contributed by atoms with Gasteiger partial charge in [0, 0.05) is 12.0 Å². The zero-order valence-electron chi connectivity index (χ0n) is 10.4. The first-order valence-electron chi connectivity index (χ1n) is 6.31. The van der Waals surface area contributed by atoms with E-state index in [0.29, 0.717) is 12.0 Å². The van der Waals surface area contributed by atoms with Gasteiger partial charge < -0.3 is 4.74 Å². The predicted octanol–water partition coefficient (Wildman–Crippen LogP) is 3.12. The molecule has 17 heavy (non-hydrogen) atoms. The Kier molecular flexibility index (Phi) is 2.63. The Morgan fingerprint density at radius 2 is 2.29 bits per heavy atom. The van der Waals surface area contributed by atoms with Crippen molar-refractivity contribution in [2.75, 3.05) is 13.2 Å². The van der Waals surface area contributed by atoms with Crippen LogP contribution in [0.15, 0.2) is 24.4 Å². The van der Waals surface area contributed by atoms with Crippen LogP contribution in [0.5, 0.6) is 0 Å². The van der Waals surface area contributed by atoms with Gasteiger partial charge in [-0.25, -0.2) is 0 Å². The van der Waals surface area contributed by atoms with E-state index in [1.54, 1.807) is 0 Å². The maximum absolute atomic E-state index is 5.47. The SMILES string of the molecule is CC(C)c1cccc2cnn(C3CCOC3)c12. The number of fused-ring (bicyclic) bond motifs is 1. The summed E-state index contributed by atoms with van der Waals surface area (Å²) in [5, 5.41) is 5.80. The molecule has 0 radical (unpaired) electrons. The van der Waals surface area contributed by atoms with Gasteiger partial charge >= 0.3 is 0 Å². The van der Waals surface area contributed by atoms with Gasteiger partial charge in [-0.05, 0) is 17.9 Å². The Morgan fingerprint density at radius 1 is 1.41 bits per heavy atom. The highest BCUT2D eigenvalue weighted by Gasteiger charge is 2.21. The molecule has 1 aromatic carbocycles. The third kappa shape index (κ3) is 1.75. The Hall–Kier alpha value is -1.35. The highest BCUT2D eigenvalue weighted by atomic mass is 16.5. The smallest absolute Gasteiger partial charge is 0.0781 e. The van der Waals surface area contributed by atoms with Crippen molar-refractivity contribution in [3.05, 3.63) is 30.0 Å². The summed E-state index contributed by atoms with van der Waals surface area (Å²) in [5.41, 5.74) is 2.67. The lowest BCUT2D eigenvalue weighted by Gasteiger charge is -2.14. The summed E-state index contributed by atoms with van der Waals surface area (Å²) < 4.78 is 7.63. The van der Waals surface area contributed by atoms with Crippen LogP contribution in [-0.4, -0.2) is 23.0 Å². The summed E-state index contributed by atoms with van der Waals surface area (Å²) in [6.07, 6.45) is 3.04. The number of hydrogen-bond acceptors (Lipinski definition) is 2. The Morgan fingerprint density at radius 3 is 3.00 bits per heavy atom. The molecule has 90 valence electrons. The predicted molar refractivity (Wildman–Crippen MR) is 68.3 cm³/mol. The first-order valence-corrected chi connectivity index (χ1v) is 6.31. The average molecular weight is 230 g/mol. The maximum atomic E-state index is 5.47. The van der Waals surface area contributed by atoms with Gasteiger partial charge in [-0.3, -0.25) is 4.68 Å². The number of nitrogens with zero attached hydrogens (tertiary/aromatic N) is 2. The summed E-state index contributed by atoms with van der Waals surface area (Å²) in [7, 11) is 0. The topological polar surface area (TPSA) is 27.1 Å². The second-order valence-electron chi connectivity index (χ2n) is 5.05. The van der Waals surface area contributed by atoms with Crippen LogP contribution >= 0.6 is 0 Å². The van der Waals surface area contributed by atoms with E-state index in [0.717, 1.165) is 19.6 Å². The van der Waals surface area contributed by atoms with Crippen molar-refractivity contribution in [2.24, 2.45) is 0 Å². The number of benzene rings is 1. The summed E-state index contributed by atoms with van der Waals surface area (Å²) in [5.74, 6) is 0.525. The molecule has 0 aliphatic carbocycles. The van der Waals surface area contributed by atoms with Crippen molar-refractivity contribution in [1.82, 2.24) is 9.78 Å². The Labute approximate surface area is 101 Å². The minimum absolute atomic E-state index is 0.410. The molecule has 1 fully saturated rings. The van der Waals surface area contributed by atoms with Crippen molar-refractivity contribution in [3.8, 4) is 0 Å². The number of hydrogen-bond donors (Lipinski definition) is 0. The fraction of sp³-hybridized carbons (Fsp3) is 0.500. The minimum atomic E-state index is 0.410. The Balaban J connectivity index is 2.18. The van der Waals surface area contributed by atoms with E-state index in [9.17, 15) is 0 Å². The van der Waals surface area contributed by atoms with Crippen LogP contribution in [-0.2, 0) is 4.74 Å². The molecule has 0 bridgehead atoms. The molecule has 1 saturated heterocycles. The van der Waals surface area contributed by atoms with Crippen molar-refractivity contribution < 1.29 is 4.74 Å². The molecule has 0 N–H and O–H groups in total. The molecule has 2 aromatic rings. The third-order valence-electron chi connectivity index (χ3n) is 3.52. The lowest BCUT2D eigenvalue weighted by atomic mass is 10.0. The van der Waals surface area contributed by atoms with E-state index in [2.05, 4.69) is 41.8 Å². The summed E-state index contributed by atoms with van der Waals surface area (Å²) in [6.45, 7) is 6.12. The number of aromatic nitrogens is 2. The highest BCUT2D eigenvalue weighted by Crippen LogP contribution is 2.29. The Bertz CT molecular complexity index is 524. The zero-order valence-corrected chi connectivity index (χ0v) is 10.4. The molecule has 3 heteroatoms. The summed E-state index contributed by atoms with van der Waals surface area (Å²) >= 11 is 0. The molecule has 1 unspecified atom stereocenters. The van der Waals surface area contributed by atoms with Gasteiger partial charge in [-0.2, -0.15) is 5.10 Å². The third-order valence-corrected chi connectivity index (χ3v) is 3.52. The van der Waals surface area contributed by atoms with Gasteiger partial charge in [0.2, 0.25) is 0 Å². The molecule has 0 spiro atoms. The van der Waals surface area contributed by atoms with Gasteiger partial charge in [0.1, 0.15) is 0 Å². The van der Waals surface area contributed by atoms with Crippen LogP contribution in [0.2, 0.25) is 0 Å². The molecule has 3 rings (SSSR count). The number of rotatable bonds is 2. The summed E-state index contributed by atoms with van der Waals surface area (Å²) in [4.78, 5) is 0. The van der Waals surface area contributed by atoms with Crippen LogP contribution < -0.4 is 0 Å². The normalized spacial score (nSPS) is 20.5. The molecule has 3 nitrogen and oxygen atoms in total. The highest BCUT2D eigenvalue weighted by molar-refractivity contribution is 5.82. The van der Waals surface area contributed by atoms with E-state index in [4.69, 9.17) is 4.74 Å². The fourth-order valence-electron chi connectivity index (χ4n) is 2.59. The van der Waals surface area contributed by atoms with Gasteiger partial charge in [0.25, 0.3) is 0 Å². The largest absolute Gasteiger partial charge is 0.379 e. The molecule has 1 aliphatic rings. The minimum Gasteiger partial charge on any atom is -0.379 e. The van der Waals surface area contributed by atoms with Crippen LogP contribution in [0.4, 0.5) is 0 Å². The van der Waals surface area contributed by atoms with Gasteiger partial charge in [-0.15, -0.1) is 0 Å². The molecule has 0 amide bonds. The van der Waals surface area contributed by atoms with E-state index in [1.165, 1.54) is 16.5 Å². The number of ether oxygens (including phenoxy) is 1. The van der Waals surface area contributed by atoms with Crippen molar-refractivity contribution >= 4 is 10.9 Å². The van der Waals surface area contributed by atoms with Crippen molar-refractivity contribution in [1.29, 1.82) is 0 Å². The second-order valence-corrected chi connectivity index (χ2v) is 5.05. The molecule has 1 aliphatic heterocycles. The van der Waals surface area contributed by atoms with Crippen LogP contribution in [0.1, 0.15) is 37.8 Å². The zero-order chi connectivity index (χ0) is 11.8. The monoisotopic (exact) mass is 230 g/mol. The lowest BCUT2D eigenvalue weighted by Crippen LogP contribution is -2.11. The van der Waals surface area contributed by atoms with E-state index in [-0.39, 0.29) is 0 Å².